The van der Waals surface area contributed by atoms with Gasteiger partial charge in [0.2, 0.25) is 0 Å². The predicted molar refractivity (Wildman–Crippen MR) is 104 cm³/mol. The number of aromatic nitrogens is 3. The summed E-state index contributed by atoms with van der Waals surface area (Å²) < 4.78 is 15.7. The third-order valence-corrected chi connectivity index (χ3v) is 4.05. The lowest BCUT2D eigenvalue weighted by Crippen LogP contribution is -2.37. The van der Waals surface area contributed by atoms with Crippen LogP contribution >= 0.6 is 0 Å². The molecule has 6 nitrogen and oxygen atoms in total. The summed E-state index contributed by atoms with van der Waals surface area (Å²) in [5.74, 6) is 2.12. The summed E-state index contributed by atoms with van der Waals surface area (Å²) in [7, 11) is 0. The fraction of sp³-hybridized carbons (Fsp3) is 0.250. The molecule has 0 saturated heterocycles. The Morgan fingerprint density at radius 1 is 1.15 bits per heavy atom. The first-order valence-electron chi connectivity index (χ1n) is 8.88. The molecule has 140 valence electrons. The molecule has 0 saturated carbocycles. The average molecular weight is 366 g/mol. The number of hydrogen-bond donors (Lipinski definition) is 2. The second-order valence-corrected chi connectivity index (χ2v) is 6.01. The van der Waals surface area contributed by atoms with E-state index in [4.69, 9.17) is 0 Å². The molecule has 27 heavy (non-hydrogen) atoms. The Bertz CT molecular complexity index is 901. The van der Waals surface area contributed by atoms with Crippen LogP contribution in [0.4, 0.5) is 4.39 Å². The number of imidazole rings is 1. The normalized spacial score (nSPS) is 11.4. The van der Waals surface area contributed by atoms with E-state index >= 15 is 0 Å². The number of nitrogens with one attached hydrogen (secondary N) is 2. The Morgan fingerprint density at radius 2 is 2.00 bits per heavy atom. The number of halogens is 1. The molecule has 0 aliphatic rings. The van der Waals surface area contributed by atoms with Gasteiger partial charge in [-0.05, 0) is 31.5 Å². The Kier molecular flexibility index (Phi) is 6.14. The summed E-state index contributed by atoms with van der Waals surface area (Å²) >= 11 is 0. The van der Waals surface area contributed by atoms with Gasteiger partial charge in [-0.15, -0.1) is 0 Å². The molecule has 0 aliphatic carbocycles. The van der Waals surface area contributed by atoms with Gasteiger partial charge in [0, 0.05) is 37.2 Å². The van der Waals surface area contributed by atoms with Gasteiger partial charge in [-0.1, -0.05) is 24.3 Å². The Hall–Kier alpha value is -3.22. The SMILES string of the molecule is CCNC(=NCc1ccc(-n2ccnc2C)nc1)NCc1ccccc1F. The third kappa shape index (κ3) is 4.91. The van der Waals surface area contributed by atoms with Gasteiger partial charge < -0.3 is 10.6 Å². The summed E-state index contributed by atoms with van der Waals surface area (Å²) in [5.41, 5.74) is 1.59. The minimum absolute atomic E-state index is 0.226. The van der Waals surface area contributed by atoms with Gasteiger partial charge in [0.25, 0.3) is 0 Å². The molecule has 0 atom stereocenters. The zero-order valence-corrected chi connectivity index (χ0v) is 15.5. The number of nitrogens with zero attached hydrogens (tertiary/aromatic N) is 4. The summed E-state index contributed by atoms with van der Waals surface area (Å²) in [6.07, 6.45) is 5.43. The highest BCUT2D eigenvalue weighted by atomic mass is 19.1. The first kappa shape index (κ1) is 18.6. The summed E-state index contributed by atoms with van der Waals surface area (Å²) in [5, 5.41) is 6.32. The van der Waals surface area contributed by atoms with E-state index in [1.54, 1.807) is 24.5 Å². The molecule has 0 fully saturated rings. The smallest absolute Gasteiger partial charge is 0.191 e. The number of aryl methyl sites for hydroxylation is 1. The molecule has 2 heterocycles. The highest BCUT2D eigenvalue weighted by molar-refractivity contribution is 5.79. The molecule has 1 aromatic carbocycles. The van der Waals surface area contributed by atoms with E-state index in [1.807, 2.05) is 42.8 Å². The van der Waals surface area contributed by atoms with E-state index < -0.39 is 0 Å². The number of guanidine groups is 1. The lowest BCUT2D eigenvalue weighted by molar-refractivity contribution is 0.604. The van der Waals surface area contributed by atoms with Gasteiger partial charge in [-0.2, -0.15) is 0 Å². The quantitative estimate of drug-likeness (QED) is 0.520. The lowest BCUT2D eigenvalue weighted by Gasteiger charge is -2.12. The molecule has 0 aliphatic heterocycles. The predicted octanol–water partition coefficient (Wildman–Crippen LogP) is 2.97. The number of hydrogen-bond acceptors (Lipinski definition) is 3. The van der Waals surface area contributed by atoms with E-state index in [9.17, 15) is 4.39 Å². The van der Waals surface area contributed by atoms with Gasteiger partial charge in [0.05, 0.1) is 6.54 Å². The van der Waals surface area contributed by atoms with Crippen molar-refractivity contribution in [1.29, 1.82) is 0 Å². The van der Waals surface area contributed by atoms with Crippen molar-refractivity contribution in [1.82, 2.24) is 25.2 Å². The number of rotatable bonds is 6. The maximum Gasteiger partial charge on any atom is 0.191 e. The largest absolute Gasteiger partial charge is 0.357 e. The number of aliphatic imine (C=N–C) groups is 1. The minimum atomic E-state index is -0.226. The molecule has 0 spiro atoms. The molecule has 0 bridgehead atoms. The molecular formula is C20H23FN6. The first-order chi connectivity index (χ1) is 13.2. The Morgan fingerprint density at radius 3 is 2.67 bits per heavy atom. The zero-order chi connectivity index (χ0) is 19.1. The summed E-state index contributed by atoms with van der Waals surface area (Å²) in [4.78, 5) is 13.2. The van der Waals surface area contributed by atoms with E-state index in [0.29, 0.717) is 24.6 Å². The molecule has 0 amide bonds. The topological polar surface area (TPSA) is 67.1 Å². The molecular weight excluding hydrogens is 343 g/mol. The second-order valence-electron chi connectivity index (χ2n) is 6.01. The zero-order valence-electron chi connectivity index (χ0n) is 15.5. The molecule has 0 radical (unpaired) electrons. The number of benzene rings is 1. The van der Waals surface area contributed by atoms with E-state index in [0.717, 1.165) is 23.8 Å². The van der Waals surface area contributed by atoms with Crippen molar-refractivity contribution in [2.75, 3.05) is 6.54 Å². The monoisotopic (exact) mass is 366 g/mol. The van der Waals surface area contributed by atoms with Crippen LogP contribution in [0, 0.1) is 12.7 Å². The standard InChI is InChI=1S/C20H23FN6/c1-3-22-20(26-14-17-6-4-5-7-18(17)21)25-13-16-8-9-19(24-12-16)27-11-10-23-15(27)2/h4-12H,3,13-14H2,1-2H3,(H2,22,25,26). The molecule has 3 rings (SSSR count). The van der Waals surface area contributed by atoms with Crippen molar-refractivity contribution in [3.05, 3.63) is 77.8 Å². The minimum Gasteiger partial charge on any atom is -0.357 e. The van der Waals surface area contributed by atoms with Gasteiger partial charge in [0.1, 0.15) is 17.5 Å². The molecule has 0 unspecified atom stereocenters. The van der Waals surface area contributed by atoms with E-state index in [-0.39, 0.29) is 5.82 Å². The van der Waals surface area contributed by atoms with Gasteiger partial charge in [-0.3, -0.25) is 4.57 Å². The van der Waals surface area contributed by atoms with Crippen LogP contribution in [0.5, 0.6) is 0 Å². The molecule has 7 heteroatoms. The van der Waals surface area contributed by atoms with Crippen LogP contribution in [0.2, 0.25) is 0 Å². The Balaban J connectivity index is 1.64. The van der Waals surface area contributed by atoms with Crippen molar-refractivity contribution >= 4 is 5.96 Å². The van der Waals surface area contributed by atoms with Crippen molar-refractivity contribution < 1.29 is 4.39 Å². The van der Waals surface area contributed by atoms with Crippen LogP contribution in [0.1, 0.15) is 23.9 Å². The number of pyridine rings is 1. The van der Waals surface area contributed by atoms with Gasteiger partial charge in [-0.25, -0.2) is 19.4 Å². The van der Waals surface area contributed by atoms with Crippen LogP contribution in [-0.4, -0.2) is 27.0 Å². The van der Waals surface area contributed by atoms with Crippen LogP contribution < -0.4 is 10.6 Å². The fourth-order valence-electron chi connectivity index (χ4n) is 2.61. The van der Waals surface area contributed by atoms with Crippen LogP contribution in [0.15, 0.2) is 60.0 Å². The summed E-state index contributed by atoms with van der Waals surface area (Å²) in [6.45, 7) is 5.49. The maximum absolute atomic E-state index is 13.7. The fourth-order valence-corrected chi connectivity index (χ4v) is 2.61. The van der Waals surface area contributed by atoms with Gasteiger partial charge >= 0.3 is 0 Å². The molecule has 3 aromatic rings. The third-order valence-electron chi connectivity index (χ3n) is 4.05. The van der Waals surface area contributed by atoms with E-state index in [2.05, 4.69) is 25.6 Å². The summed E-state index contributed by atoms with van der Waals surface area (Å²) in [6, 6.07) is 10.6. The molecule has 2 aromatic heterocycles. The van der Waals surface area contributed by atoms with Crippen LogP contribution in [-0.2, 0) is 13.1 Å². The van der Waals surface area contributed by atoms with Crippen LogP contribution in [0.3, 0.4) is 0 Å². The van der Waals surface area contributed by atoms with Crippen LogP contribution in [0.25, 0.3) is 5.82 Å². The van der Waals surface area contributed by atoms with Crippen molar-refractivity contribution in [3.8, 4) is 5.82 Å². The van der Waals surface area contributed by atoms with Crippen molar-refractivity contribution in [2.24, 2.45) is 4.99 Å². The lowest BCUT2D eigenvalue weighted by atomic mass is 10.2. The van der Waals surface area contributed by atoms with Crippen molar-refractivity contribution in [2.45, 2.75) is 26.9 Å². The van der Waals surface area contributed by atoms with E-state index in [1.165, 1.54) is 6.07 Å². The van der Waals surface area contributed by atoms with Crippen molar-refractivity contribution in [3.63, 3.8) is 0 Å². The first-order valence-corrected chi connectivity index (χ1v) is 8.88. The molecule has 2 N–H and O–H groups in total. The average Bonchev–Trinajstić information content (AvgIpc) is 3.11. The highest BCUT2D eigenvalue weighted by Crippen LogP contribution is 2.09. The Labute approximate surface area is 158 Å². The van der Waals surface area contributed by atoms with Gasteiger partial charge in [0.15, 0.2) is 5.96 Å². The second kappa shape index (κ2) is 8.93. The highest BCUT2D eigenvalue weighted by Gasteiger charge is 2.04. The maximum atomic E-state index is 13.7.